The SMILES string of the molecule is CC(C)CC(COc1ccc(-c2ccc(CF)cc2Cl)cn1)Nc1ccc(C(=O)NCCS(=O)(=O)O)cc1. The molecule has 3 aromatic rings. The fraction of sp³-hybridized carbons (Fsp3) is 0.333. The van der Waals surface area contributed by atoms with Gasteiger partial charge in [-0.1, -0.05) is 37.6 Å². The van der Waals surface area contributed by atoms with E-state index < -0.39 is 28.5 Å². The Balaban J connectivity index is 1.58. The van der Waals surface area contributed by atoms with Crippen LogP contribution >= 0.6 is 11.6 Å². The highest BCUT2D eigenvalue weighted by atomic mass is 35.5. The average molecular weight is 564 g/mol. The van der Waals surface area contributed by atoms with Gasteiger partial charge in [0.05, 0.1) is 11.8 Å². The van der Waals surface area contributed by atoms with Crippen LogP contribution in [0.3, 0.4) is 0 Å². The second-order valence-corrected chi connectivity index (χ2v) is 11.2. The predicted molar refractivity (Wildman–Crippen MR) is 147 cm³/mol. The maximum atomic E-state index is 12.8. The van der Waals surface area contributed by atoms with Crippen LogP contribution in [-0.4, -0.2) is 48.8 Å². The maximum Gasteiger partial charge on any atom is 0.266 e. The summed E-state index contributed by atoms with van der Waals surface area (Å²) in [6.07, 6.45) is 2.49. The van der Waals surface area contributed by atoms with Gasteiger partial charge in [-0.05, 0) is 54.3 Å². The predicted octanol–water partition coefficient (Wildman–Crippen LogP) is 5.39. The summed E-state index contributed by atoms with van der Waals surface area (Å²) >= 11 is 6.29. The van der Waals surface area contributed by atoms with Gasteiger partial charge in [0.2, 0.25) is 5.88 Å². The van der Waals surface area contributed by atoms with Gasteiger partial charge in [0.15, 0.2) is 0 Å². The van der Waals surface area contributed by atoms with Crippen LogP contribution in [0.4, 0.5) is 10.1 Å². The molecule has 0 bridgehead atoms. The van der Waals surface area contributed by atoms with Crippen molar-refractivity contribution in [3.63, 3.8) is 0 Å². The molecule has 3 N–H and O–H groups in total. The minimum Gasteiger partial charge on any atom is -0.475 e. The summed E-state index contributed by atoms with van der Waals surface area (Å²) < 4.78 is 49.1. The number of ether oxygens (including phenoxy) is 1. The van der Waals surface area contributed by atoms with Gasteiger partial charge < -0.3 is 15.4 Å². The first-order valence-electron chi connectivity index (χ1n) is 12.1. The quantitative estimate of drug-likeness (QED) is 0.238. The van der Waals surface area contributed by atoms with Crippen molar-refractivity contribution < 1.29 is 26.9 Å². The van der Waals surface area contributed by atoms with E-state index in [4.69, 9.17) is 20.9 Å². The number of amides is 1. The van der Waals surface area contributed by atoms with E-state index in [9.17, 15) is 17.6 Å². The Morgan fingerprint density at radius 1 is 1.13 bits per heavy atom. The molecule has 11 heteroatoms. The highest BCUT2D eigenvalue weighted by Crippen LogP contribution is 2.29. The molecule has 8 nitrogen and oxygen atoms in total. The van der Waals surface area contributed by atoms with Crippen LogP contribution in [0.2, 0.25) is 5.02 Å². The van der Waals surface area contributed by atoms with Gasteiger partial charge in [-0.25, -0.2) is 9.37 Å². The first kappa shape index (κ1) is 29.3. The van der Waals surface area contributed by atoms with Crippen molar-refractivity contribution in [1.82, 2.24) is 10.3 Å². The molecule has 1 heterocycles. The van der Waals surface area contributed by atoms with Gasteiger partial charge in [-0.3, -0.25) is 9.35 Å². The molecule has 0 aliphatic rings. The van der Waals surface area contributed by atoms with Crippen LogP contribution in [0.1, 0.15) is 36.2 Å². The van der Waals surface area contributed by atoms with Crippen molar-refractivity contribution in [2.75, 3.05) is 24.2 Å². The van der Waals surface area contributed by atoms with Crippen molar-refractivity contribution in [2.24, 2.45) is 5.92 Å². The van der Waals surface area contributed by atoms with E-state index in [2.05, 4.69) is 29.5 Å². The lowest BCUT2D eigenvalue weighted by Gasteiger charge is -2.22. The Labute approximate surface area is 227 Å². The summed E-state index contributed by atoms with van der Waals surface area (Å²) in [6.45, 7) is 3.82. The van der Waals surface area contributed by atoms with E-state index in [1.54, 1.807) is 54.7 Å². The van der Waals surface area contributed by atoms with E-state index in [1.165, 1.54) is 0 Å². The number of pyridine rings is 1. The van der Waals surface area contributed by atoms with Crippen LogP contribution in [0, 0.1) is 5.92 Å². The fourth-order valence-electron chi connectivity index (χ4n) is 3.77. The lowest BCUT2D eigenvalue weighted by molar-refractivity contribution is 0.0956. The Hall–Kier alpha value is -3.21. The molecule has 1 aromatic heterocycles. The van der Waals surface area contributed by atoms with Gasteiger partial charge in [-0.15, -0.1) is 0 Å². The number of carbonyl (C=O) groups is 1. The van der Waals surface area contributed by atoms with Crippen LogP contribution in [0.15, 0.2) is 60.8 Å². The molecule has 0 radical (unpaired) electrons. The summed E-state index contributed by atoms with van der Waals surface area (Å²) in [5, 5.41) is 6.33. The molecule has 38 heavy (non-hydrogen) atoms. The van der Waals surface area contributed by atoms with Crippen molar-refractivity contribution in [3.8, 4) is 17.0 Å². The van der Waals surface area contributed by atoms with Crippen molar-refractivity contribution in [1.29, 1.82) is 0 Å². The second-order valence-electron chi connectivity index (χ2n) is 9.23. The zero-order chi connectivity index (χ0) is 27.7. The zero-order valence-electron chi connectivity index (χ0n) is 21.2. The third kappa shape index (κ3) is 9.27. The maximum absolute atomic E-state index is 12.8. The summed E-state index contributed by atoms with van der Waals surface area (Å²) in [6, 6.07) is 15.4. The van der Waals surface area contributed by atoms with E-state index in [-0.39, 0.29) is 12.6 Å². The van der Waals surface area contributed by atoms with Gasteiger partial charge in [0.25, 0.3) is 16.0 Å². The molecule has 0 fully saturated rings. The number of hydrogen-bond donors (Lipinski definition) is 3. The van der Waals surface area contributed by atoms with Crippen LogP contribution in [-0.2, 0) is 16.8 Å². The number of anilines is 1. The zero-order valence-corrected chi connectivity index (χ0v) is 22.7. The minimum atomic E-state index is -4.13. The molecule has 0 aliphatic carbocycles. The van der Waals surface area contributed by atoms with E-state index >= 15 is 0 Å². The summed E-state index contributed by atoms with van der Waals surface area (Å²) in [4.78, 5) is 16.6. The van der Waals surface area contributed by atoms with Crippen LogP contribution < -0.4 is 15.4 Å². The Bertz CT molecular complexity index is 1320. The Morgan fingerprint density at radius 2 is 1.87 bits per heavy atom. The first-order valence-corrected chi connectivity index (χ1v) is 14.1. The number of nitrogens with zero attached hydrogens (tertiary/aromatic N) is 1. The highest BCUT2D eigenvalue weighted by molar-refractivity contribution is 7.85. The molecular formula is C27H31ClFN3O5S. The number of nitrogens with one attached hydrogen (secondary N) is 2. The number of alkyl halides is 1. The summed E-state index contributed by atoms with van der Waals surface area (Å²) in [5.74, 6) is -0.128. The lowest BCUT2D eigenvalue weighted by Crippen LogP contribution is -2.29. The molecular weight excluding hydrogens is 533 g/mol. The topological polar surface area (TPSA) is 118 Å². The monoisotopic (exact) mass is 563 g/mol. The largest absolute Gasteiger partial charge is 0.475 e. The van der Waals surface area contributed by atoms with Crippen LogP contribution in [0.25, 0.3) is 11.1 Å². The number of halogens is 2. The third-order valence-electron chi connectivity index (χ3n) is 5.59. The first-order chi connectivity index (χ1) is 18.0. The second kappa shape index (κ2) is 13.5. The van der Waals surface area contributed by atoms with Crippen LogP contribution in [0.5, 0.6) is 5.88 Å². The number of rotatable bonds is 13. The number of hydrogen-bond acceptors (Lipinski definition) is 6. The molecule has 204 valence electrons. The molecule has 0 aliphatic heterocycles. The van der Waals surface area contributed by atoms with Crippen molar-refractivity contribution >= 4 is 33.3 Å². The average Bonchev–Trinajstić information content (AvgIpc) is 2.87. The third-order valence-corrected chi connectivity index (χ3v) is 6.62. The Morgan fingerprint density at radius 3 is 2.45 bits per heavy atom. The molecule has 2 aromatic carbocycles. The molecule has 0 saturated heterocycles. The summed E-state index contributed by atoms with van der Waals surface area (Å²) in [7, 11) is -4.13. The molecule has 1 atom stereocenters. The number of carbonyl (C=O) groups excluding carboxylic acids is 1. The van der Waals surface area contributed by atoms with Gasteiger partial charge in [0.1, 0.15) is 13.3 Å². The van der Waals surface area contributed by atoms with Gasteiger partial charge in [-0.2, -0.15) is 8.42 Å². The number of benzene rings is 2. The Kier molecular flexibility index (Phi) is 10.5. The lowest BCUT2D eigenvalue weighted by atomic mass is 10.0. The molecule has 0 spiro atoms. The van der Waals surface area contributed by atoms with Gasteiger partial charge in [0, 0.05) is 46.2 Å². The smallest absolute Gasteiger partial charge is 0.266 e. The number of aromatic nitrogens is 1. The normalized spacial score (nSPS) is 12.3. The molecule has 0 saturated carbocycles. The van der Waals surface area contributed by atoms with E-state index in [0.29, 0.717) is 34.6 Å². The molecule has 3 rings (SSSR count). The molecule has 1 unspecified atom stereocenters. The fourth-order valence-corrected chi connectivity index (χ4v) is 4.45. The van der Waals surface area contributed by atoms with Crippen molar-refractivity contribution in [2.45, 2.75) is 33.0 Å². The summed E-state index contributed by atoms with van der Waals surface area (Å²) in [5.41, 5.74) is 3.24. The highest BCUT2D eigenvalue weighted by Gasteiger charge is 2.14. The van der Waals surface area contributed by atoms with E-state index in [0.717, 1.165) is 23.2 Å². The minimum absolute atomic E-state index is 0.0337. The standard InChI is InChI=1S/C27H31ClFN3O5S/c1-18(2)13-23(32-22-7-4-20(5-8-22)27(33)30-11-12-38(34,35)36)17-37-26-10-6-21(16-31-26)24-9-3-19(15-29)14-25(24)28/h3-10,14,16,18,23,32H,11-13,15,17H2,1-2H3,(H,30,33)(H,34,35,36). The van der Waals surface area contributed by atoms with Gasteiger partial charge >= 0.3 is 0 Å². The van der Waals surface area contributed by atoms with Crippen molar-refractivity contribution in [3.05, 3.63) is 76.9 Å². The molecule has 1 amide bonds. The van der Waals surface area contributed by atoms with E-state index in [1.807, 2.05) is 6.07 Å².